The van der Waals surface area contributed by atoms with Gasteiger partial charge in [0.2, 0.25) is 0 Å². The van der Waals surface area contributed by atoms with E-state index in [1.165, 1.54) is 0 Å². The molecule has 92 valence electrons. The van der Waals surface area contributed by atoms with Crippen LogP contribution in [0.4, 0.5) is 0 Å². The highest BCUT2D eigenvalue weighted by atomic mass is 16.3. The highest BCUT2D eigenvalue weighted by Gasteiger charge is 2.43. The largest absolute Gasteiger partial charge is 0.388 e. The van der Waals surface area contributed by atoms with E-state index >= 15 is 0 Å². The van der Waals surface area contributed by atoms with Crippen molar-refractivity contribution in [3.05, 3.63) is 0 Å². The van der Waals surface area contributed by atoms with Crippen LogP contribution in [-0.2, 0) is 0 Å². The summed E-state index contributed by atoms with van der Waals surface area (Å²) in [6.45, 7) is 8.45. The monoisotopic (exact) mass is 215 g/mol. The quantitative estimate of drug-likeness (QED) is 0.653. The van der Waals surface area contributed by atoms with Gasteiger partial charge in [0.1, 0.15) is 0 Å². The molecule has 0 saturated carbocycles. The van der Waals surface area contributed by atoms with Crippen molar-refractivity contribution in [2.24, 2.45) is 5.73 Å². The van der Waals surface area contributed by atoms with Gasteiger partial charge in [-0.05, 0) is 25.7 Å². The van der Waals surface area contributed by atoms with Crippen LogP contribution < -0.4 is 5.73 Å². The predicted molar refractivity (Wildman–Crippen MR) is 66.9 cm³/mol. The molecule has 0 aromatic carbocycles. The number of aliphatic hydroxyl groups is 1. The molecule has 0 radical (unpaired) electrons. The van der Waals surface area contributed by atoms with Crippen molar-refractivity contribution >= 4 is 0 Å². The highest BCUT2D eigenvalue weighted by molar-refractivity contribution is 5.02. The lowest BCUT2D eigenvalue weighted by atomic mass is 9.70. The molecular weight excluding hydrogens is 186 g/mol. The molecular formula is C13H29NO. The van der Waals surface area contributed by atoms with Gasteiger partial charge < -0.3 is 10.8 Å². The fourth-order valence-electron chi connectivity index (χ4n) is 2.63. The molecule has 0 rings (SSSR count). The van der Waals surface area contributed by atoms with Gasteiger partial charge in [-0.25, -0.2) is 0 Å². The van der Waals surface area contributed by atoms with Crippen molar-refractivity contribution in [2.45, 2.75) is 83.8 Å². The van der Waals surface area contributed by atoms with Crippen LogP contribution in [0.5, 0.6) is 0 Å². The Hall–Kier alpha value is -0.0800. The summed E-state index contributed by atoms with van der Waals surface area (Å²) in [7, 11) is 0. The molecule has 0 amide bonds. The van der Waals surface area contributed by atoms with Crippen LogP contribution in [-0.4, -0.2) is 16.2 Å². The first-order valence-electron chi connectivity index (χ1n) is 6.50. The molecule has 0 aromatic rings. The van der Waals surface area contributed by atoms with E-state index in [2.05, 4.69) is 27.7 Å². The average molecular weight is 215 g/mol. The van der Waals surface area contributed by atoms with Crippen molar-refractivity contribution < 1.29 is 5.11 Å². The normalized spacial score (nSPS) is 16.4. The lowest BCUT2D eigenvalue weighted by Crippen LogP contribution is -2.60. The Bertz CT molecular complexity index is 164. The molecule has 3 N–H and O–H groups in total. The van der Waals surface area contributed by atoms with E-state index in [1.54, 1.807) is 0 Å². The van der Waals surface area contributed by atoms with E-state index in [9.17, 15) is 5.11 Å². The summed E-state index contributed by atoms with van der Waals surface area (Å²) < 4.78 is 0. The Balaban J connectivity index is 4.81. The molecule has 1 unspecified atom stereocenters. The molecule has 0 bridgehead atoms. The highest BCUT2D eigenvalue weighted by Crippen LogP contribution is 2.35. The minimum Gasteiger partial charge on any atom is -0.388 e. The fourth-order valence-corrected chi connectivity index (χ4v) is 2.63. The topological polar surface area (TPSA) is 46.2 Å². The number of nitrogens with two attached hydrogens (primary N) is 1. The Morgan fingerprint density at radius 3 is 1.53 bits per heavy atom. The Morgan fingerprint density at radius 2 is 1.27 bits per heavy atom. The standard InChI is InChI=1S/C13H29NO/c1-5-9-12(14,8-4)13(15,10-6-2)11-7-3/h15H,5-11,14H2,1-4H3. The SMILES string of the molecule is CCCC(N)(CC)C(O)(CCC)CCC. The molecule has 0 aromatic heterocycles. The van der Waals surface area contributed by atoms with E-state index in [0.29, 0.717) is 0 Å². The van der Waals surface area contributed by atoms with Gasteiger partial charge in [0.25, 0.3) is 0 Å². The molecule has 2 nitrogen and oxygen atoms in total. The molecule has 0 fully saturated rings. The summed E-state index contributed by atoms with van der Waals surface area (Å²) >= 11 is 0. The third-order valence-corrected chi connectivity index (χ3v) is 3.58. The number of hydrogen-bond acceptors (Lipinski definition) is 2. The minimum absolute atomic E-state index is 0.395. The van der Waals surface area contributed by atoms with Crippen molar-refractivity contribution in [1.82, 2.24) is 0 Å². The predicted octanol–water partition coefficient (Wildman–Crippen LogP) is 3.23. The maximum Gasteiger partial charge on any atom is 0.0826 e. The molecule has 0 spiro atoms. The molecule has 0 aliphatic carbocycles. The summed E-state index contributed by atoms with van der Waals surface area (Å²) in [5.74, 6) is 0. The lowest BCUT2D eigenvalue weighted by Gasteiger charge is -2.45. The molecule has 15 heavy (non-hydrogen) atoms. The minimum atomic E-state index is -0.665. The van der Waals surface area contributed by atoms with E-state index in [4.69, 9.17) is 5.73 Å². The van der Waals surface area contributed by atoms with E-state index in [1.807, 2.05) is 0 Å². The van der Waals surface area contributed by atoms with Gasteiger partial charge in [-0.3, -0.25) is 0 Å². The zero-order valence-electron chi connectivity index (χ0n) is 11.0. The van der Waals surface area contributed by atoms with Crippen LogP contribution in [0.2, 0.25) is 0 Å². The average Bonchev–Trinajstić information content (AvgIpc) is 2.18. The molecule has 0 aliphatic rings. The van der Waals surface area contributed by atoms with Gasteiger partial charge in [0, 0.05) is 5.54 Å². The summed E-state index contributed by atoms with van der Waals surface area (Å²) in [5, 5.41) is 10.7. The Labute approximate surface area is 95.3 Å². The van der Waals surface area contributed by atoms with Gasteiger partial charge in [-0.2, -0.15) is 0 Å². The maximum atomic E-state index is 10.7. The first kappa shape index (κ1) is 14.9. The lowest BCUT2D eigenvalue weighted by molar-refractivity contribution is -0.0570. The summed E-state index contributed by atoms with van der Waals surface area (Å²) in [6, 6.07) is 0. The summed E-state index contributed by atoms with van der Waals surface area (Å²) in [4.78, 5) is 0. The van der Waals surface area contributed by atoms with Crippen molar-refractivity contribution in [1.29, 1.82) is 0 Å². The summed E-state index contributed by atoms with van der Waals surface area (Å²) in [6.07, 6.45) is 6.46. The van der Waals surface area contributed by atoms with Gasteiger partial charge in [0.05, 0.1) is 5.60 Å². The van der Waals surface area contributed by atoms with Gasteiger partial charge in [-0.15, -0.1) is 0 Å². The number of rotatable bonds is 8. The molecule has 2 heteroatoms. The number of hydrogen-bond donors (Lipinski definition) is 2. The van der Waals surface area contributed by atoms with Crippen LogP contribution in [0.25, 0.3) is 0 Å². The van der Waals surface area contributed by atoms with Gasteiger partial charge in [-0.1, -0.05) is 47.0 Å². The molecule has 1 atom stereocenters. The zero-order chi connectivity index (χ0) is 11.9. The van der Waals surface area contributed by atoms with Crippen LogP contribution in [0.1, 0.15) is 72.6 Å². The van der Waals surface area contributed by atoms with Crippen molar-refractivity contribution in [3.8, 4) is 0 Å². The molecule has 0 aliphatic heterocycles. The second-order valence-electron chi connectivity index (χ2n) is 4.79. The maximum absolute atomic E-state index is 10.7. The van der Waals surface area contributed by atoms with Crippen LogP contribution in [0.15, 0.2) is 0 Å². The van der Waals surface area contributed by atoms with Crippen molar-refractivity contribution in [3.63, 3.8) is 0 Å². The van der Waals surface area contributed by atoms with Crippen LogP contribution >= 0.6 is 0 Å². The Morgan fingerprint density at radius 1 is 0.867 bits per heavy atom. The Kier molecular flexibility index (Phi) is 6.46. The van der Waals surface area contributed by atoms with Gasteiger partial charge >= 0.3 is 0 Å². The zero-order valence-corrected chi connectivity index (χ0v) is 11.0. The fraction of sp³-hybridized carbons (Fsp3) is 1.00. The van der Waals surface area contributed by atoms with Gasteiger partial charge in [0.15, 0.2) is 0 Å². The first-order chi connectivity index (χ1) is 6.99. The van der Waals surface area contributed by atoms with E-state index < -0.39 is 11.1 Å². The van der Waals surface area contributed by atoms with Crippen LogP contribution in [0.3, 0.4) is 0 Å². The van der Waals surface area contributed by atoms with Crippen LogP contribution in [0, 0.1) is 0 Å². The first-order valence-corrected chi connectivity index (χ1v) is 6.50. The molecule has 0 saturated heterocycles. The van der Waals surface area contributed by atoms with Crippen molar-refractivity contribution in [2.75, 3.05) is 0 Å². The second-order valence-corrected chi connectivity index (χ2v) is 4.79. The second kappa shape index (κ2) is 6.49. The third-order valence-electron chi connectivity index (χ3n) is 3.58. The third kappa shape index (κ3) is 3.46. The van der Waals surface area contributed by atoms with E-state index in [0.717, 1.165) is 44.9 Å². The van der Waals surface area contributed by atoms with E-state index in [-0.39, 0.29) is 0 Å². The molecule has 0 heterocycles. The summed E-state index contributed by atoms with van der Waals surface area (Å²) in [5.41, 5.74) is 5.35. The smallest absolute Gasteiger partial charge is 0.0826 e.